The third kappa shape index (κ3) is 3.85. The van der Waals surface area contributed by atoms with E-state index in [1.54, 1.807) is 31.8 Å². The van der Waals surface area contributed by atoms with Crippen LogP contribution in [0.3, 0.4) is 0 Å². The molecular formula is C10H18N2O2S. The Morgan fingerprint density at radius 3 is 2.67 bits per heavy atom. The van der Waals surface area contributed by atoms with Crippen LogP contribution in [-0.2, 0) is 13.7 Å². The van der Waals surface area contributed by atoms with Gasteiger partial charge in [-0.25, -0.2) is 4.98 Å². The standard InChI is InChI=1S/C10H18N2O2S/c1-10(2,14)4-5-15-9-11-6-8(7-13)12(9)3/h6,13-14H,4-5,7H2,1-3H3. The predicted octanol–water partition coefficient (Wildman–Crippen LogP) is 1.17. The summed E-state index contributed by atoms with van der Waals surface area (Å²) >= 11 is 1.59. The van der Waals surface area contributed by atoms with E-state index in [9.17, 15) is 5.11 Å². The number of hydrogen-bond donors (Lipinski definition) is 2. The number of rotatable bonds is 5. The molecule has 0 bridgehead atoms. The van der Waals surface area contributed by atoms with E-state index in [0.29, 0.717) is 0 Å². The van der Waals surface area contributed by atoms with Gasteiger partial charge in [0.05, 0.1) is 24.1 Å². The van der Waals surface area contributed by atoms with E-state index in [1.807, 2.05) is 11.6 Å². The molecule has 0 aliphatic heterocycles. The first-order chi connectivity index (χ1) is 6.94. The lowest BCUT2D eigenvalue weighted by Gasteiger charge is -2.15. The van der Waals surface area contributed by atoms with Crippen molar-refractivity contribution in [1.29, 1.82) is 0 Å². The van der Waals surface area contributed by atoms with Crippen LogP contribution >= 0.6 is 11.8 Å². The van der Waals surface area contributed by atoms with Crippen LogP contribution in [0.2, 0.25) is 0 Å². The van der Waals surface area contributed by atoms with Crippen LogP contribution in [0.1, 0.15) is 26.0 Å². The van der Waals surface area contributed by atoms with E-state index in [4.69, 9.17) is 5.11 Å². The monoisotopic (exact) mass is 230 g/mol. The third-order valence-corrected chi connectivity index (χ3v) is 3.19. The highest BCUT2D eigenvalue weighted by atomic mass is 32.2. The maximum atomic E-state index is 9.54. The van der Waals surface area contributed by atoms with E-state index in [-0.39, 0.29) is 6.61 Å². The molecule has 1 heterocycles. The molecule has 0 aliphatic carbocycles. The molecule has 0 unspecified atom stereocenters. The summed E-state index contributed by atoms with van der Waals surface area (Å²) in [6.45, 7) is 3.60. The van der Waals surface area contributed by atoms with Gasteiger partial charge in [0, 0.05) is 12.8 Å². The first kappa shape index (κ1) is 12.5. The fourth-order valence-corrected chi connectivity index (χ4v) is 2.32. The Kier molecular flexibility index (Phi) is 4.19. The zero-order valence-electron chi connectivity index (χ0n) is 9.40. The summed E-state index contributed by atoms with van der Waals surface area (Å²) < 4.78 is 1.87. The van der Waals surface area contributed by atoms with Gasteiger partial charge in [-0.2, -0.15) is 0 Å². The van der Waals surface area contributed by atoms with Crippen LogP contribution in [0.15, 0.2) is 11.4 Å². The number of hydrogen-bond acceptors (Lipinski definition) is 4. The van der Waals surface area contributed by atoms with Gasteiger partial charge in [-0.1, -0.05) is 11.8 Å². The number of imidazole rings is 1. The van der Waals surface area contributed by atoms with Gasteiger partial charge >= 0.3 is 0 Å². The van der Waals surface area contributed by atoms with E-state index in [1.165, 1.54) is 0 Å². The summed E-state index contributed by atoms with van der Waals surface area (Å²) in [5.74, 6) is 0.819. The van der Waals surface area contributed by atoms with Crippen molar-refractivity contribution in [3.8, 4) is 0 Å². The highest BCUT2D eigenvalue weighted by Gasteiger charge is 2.13. The normalized spacial score (nSPS) is 12.1. The van der Waals surface area contributed by atoms with Gasteiger partial charge in [0.2, 0.25) is 0 Å². The van der Waals surface area contributed by atoms with Gasteiger partial charge in [-0.05, 0) is 20.3 Å². The van der Waals surface area contributed by atoms with E-state index < -0.39 is 5.60 Å². The summed E-state index contributed by atoms with van der Waals surface area (Å²) in [5, 5.41) is 19.4. The van der Waals surface area contributed by atoms with Gasteiger partial charge in [0.1, 0.15) is 0 Å². The molecule has 0 fully saturated rings. The SMILES string of the molecule is Cn1c(CO)cnc1SCCC(C)(C)O. The van der Waals surface area contributed by atoms with Crippen LogP contribution in [0.4, 0.5) is 0 Å². The molecule has 1 rings (SSSR count). The van der Waals surface area contributed by atoms with Gasteiger partial charge in [0.15, 0.2) is 5.16 Å². The molecule has 0 radical (unpaired) electrons. The Morgan fingerprint density at radius 1 is 1.53 bits per heavy atom. The fourth-order valence-electron chi connectivity index (χ4n) is 1.10. The minimum absolute atomic E-state index is 0.00948. The van der Waals surface area contributed by atoms with E-state index in [2.05, 4.69) is 4.98 Å². The molecule has 1 aromatic heterocycles. The molecule has 0 aliphatic rings. The molecule has 0 atom stereocenters. The largest absolute Gasteiger partial charge is 0.390 e. The molecule has 0 spiro atoms. The van der Waals surface area contributed by atoms with Crippen molar-refractivity contribution >= 4 is 11.8 Å². The van der Waals surface area contributed by atoms with Gasteiger partial charge in [-0.15, -0.1) is 0 Å². The predicted molar refractivity (Wildman–Crippen MR) is 60.8 cm³/mol. The summed E-state index contributed by atoms with van der Waals surface area (Å²) in [6.07, 6.45) is 2.39. The minimum Gasteiger partial charge on any atom is -0.390 e. The molecule has 4 nitrogen and oxygen atoms in total. The molecule has 0 aromatic carbocycles. The first-order valence-corrected chi connectivity index (χ1v) is 5.89. The Bertz CT molecular complexity index is 318. The number of thioether (sulfide) groups is 1. The lowest BCUT2D eigenvalue weighted by atomic mass is 10.1. The van der Waals surface area contributed by atoms with Crippen molar-refractivity contribution in [1.82, 2.24) is 9.55 Å². The third-order valence-electron chi connectivity index (χ3n) is 2.15. The number of aliphatic hydroxyl groups excluding tert-OH is 1. The van der Waals surface area contributed by atoms with Crippen LogP contribution < -0.4 is 0 Å². The first-order valence-electron chi connectivity index (χ1n) is 4.90. The molecule has 5 heteroatoms. The second-order valence-corrected chi connectivity index (χ2v) is 5.22. The zero-order valence-corrected chi connectivity index (χ0v) is 10.2. The van der Waals surface area contributed by atoms with Crippen LogP contribution in [0, 0.1) is 0 Å². The molecule has 0 amide bonds. The second-order valence-electron chi connectivity index (χ2n) is 4.16. The summed E-state index contributed by atoms with van der Waals surface area (Å²) in [7, 11) is 1.88. The Hall–Kier alpha value is -0.520. The van der Waals surface area contributed by atoms with Gasteiger partial charge in [-0.3, -0.25) is 0 Å². The Labute approximate surface area is 94.3 Å². The summed E-state index contributed by atoms with van der Waals surface area (Å²) in [6, 6.07) is 0. The summed E-state index contributed by atoms with van der Waals surface area (Å²) in [4.78, 5) is 4.19. The van der Waals surface area contributed by atoms with Crippen molar-refractivity contribution < 1.29 is 10.2 Å². The Morgan fingerprint density at radius 2 is 2.20 bits per heavy atom. The molecule has 2 N–H and O–H groups in total. The van der Waals surface area contributed by atoms with Crippen LogP contribution in [-0.4, -0.2) is 31.1 Å². The highest BCUT2D eigenvalue weighted by molar-refractivity contribution is 7.99. The highest BCUT2D eigenvalue weighted by Crippen LogP contribution is 2.21. The van der Waals surface area contributed by atoms with E-state index in [0.717, 1.165) is 23.0 Å². The molecule has 0 saturated carbocycles. The lowest BCUT2D eigenvalue weighted by Crippen LogP contribution is -2.19. The average Bonchev–Trinajstić information content (AvgIpc) is 2.46. The van der Waals surface area contributed by atoms with Gasteiger partial charge < -0.3 is 14.8 Å². The van der Waals surface area contributed by atoms with Crippen LogP contribution in [0.5, 0.6) is 0 Å². The topological polar surface area (TPSA) is 58.3 Å². The van der Waals surface area contributed by atoms with Crippen molar-refractivity contribution in [2.24, 2.45) is 7.05 Å². The zero-order chi connectivity index (χ0) is 11.5. The minimum atomic E-state index is -0.627. The maximum Gasteiger partial charge on any atom is 0.167 e. The quantitative estimate of drug-likeness (QED) is 0.745. The van der Waals surface area contributed by atoms with E-state index >= 15 is 0 Å². The lowest BCUT2D eigenvalue weighted by molar-refractivity contribution is 0.0777. The van der Waals surface area contributed by atoms with Crippen molar-refractivity contribution in [2.75, 3.05) is 5.75 Å². The molecule has 0 saturated heterocycles. The smallest absolute Gasteiger partial charge is 0.167 e. The van der Waals surface area contributed by atoms with Crippen LogP contribution in [0.25, 0.3) is 0 Å². The number of nitrogens with zero attached hydrogens (tertiary/aromatic N) is 2. The molecule has 15 heavy (non-hydrogen) atoms. The van der Waals surface area contributed by atoms with Crippen molar-refractivity contribution in [3.63, 3.8) is 0 Å². The van der Waals surface area contributed by atoms with Crippen molar-refractivity contribution in [3.05, 3.63) is 11.9 Å². The average molecular weight is 230 g/mol. The Balaban J connectivity index is 2.48. The number of aromatic nitrogens is 2. The molecule has 1 aromatic rings. The second kappa shape index (κ2) is 5.01. The number of aliphatic hydroxyl groups is 2. The summed E-state index contributed by atoms with van der Waals surface area (Å²) in [5.41, 5.74) is 0.179. The van der Waals surface area contributed by atoms with Gasteiger partial charge in [0.25, 0.3) is 0 Å². The fraction of sp³-hybridized carbons (Fsp3) is 0.700. The molecule has 86 valence electrons. The maximum absolute atomic E-state index is 9.54. The van der Waals surface area contributed by atoms with Crippen molar-refractivity contribution in [2.45, 2.75) is 37.6 Å². The molecular weight excluding hydrogens is 212 g/mol.